The Labute approximate surface area is 216 Å². The van der Waals surface area contributed by atoms with Gasteiger partial charge in [0.2, 0.25) is 5.91 Å². The van der Waals surface area contributed by atoms with E-state index in [0.29, 0.717) is 5.56 Å². The number of nitrogens with one attached hydrogen (secondary N) is 1. The lowest BCUT2D eigenvalue weighted by atomic mass is 9.78. The number of aromatic nitrogens is 1. The Kier molecular flexibility index (Phi) is 7.94. The second-order valence-corrected chi connectivity index (χ2v) is 8.75. The van der Waals surface area contributed by atoms with Gasteiger partial charge >= 0.3 is 6.18 Å². The predicted molar refractivity (Wildman–Crippen MR) is 131 cm³/mol. The largest absolute Gasteiger partial charge is 0.483 e. The first-order valence-corrected chi connectivity index (χ1v) is 11.8. The highest BCUT2D eigenvalue weighted by molar-refractivity contribution is 6.01. The van der Waals surface area contributed by atoms with E-state index in [-0.39, 0.29) is 23.4 Å². The quantitative estimate of drug-likeness (QED) is 0.443. The monoisotopic (exact) mass is 526 g/mol. The van der Waals surface area contributed by atoms with Gasteiger partial charge in [0.1, 0.15) is 5.75 Å². The maximum atomic E-state index is 13.7. The van der Waals surface area contributed by atoms with Gasteiger partial charge in [-0.1, -0.05) is 42.5 Å². The molecule has 0 fully saturated rings. The van der Waals surface area contributed by atoms with Gasteiger partial charge in [-0.05, 0) is 29.3 Å². The molecule has 38 heavy (non-hydrogen) atoms. The van der Waals surface area contributed by atoms with Crippen LogP contribution in [0.5, 0.6) is 5.75 Å². The second-order valence-electron chi connectivity index (χ2n) is 8.75. The summed E-state index contributed by atoms with van der Waals surface area (Å²) in [5.41, 5.74) is 6.74. The number of amides is 3. The number of hydrogen-bond acceptors (Lipinski definition) is 5. The van der Waals surface area contributed by atoms with Gasteiger partial charge in [-0.25, -0.2) is 0 Å². The van der Waals surface area contributed by atoms with Gasteiger partial charge in [-0.2, -0.15) is 13.2 Å². The Morgan fingerprint density at radius 1 is 1.03 bits per heavy atom. The second kappa shape index (κ2) is 11.3. The van der Waals surface area contributed by atoms with Crippen LogP contribution in [0.25, 0.3) is 0 Å². The van der Waals surface area contributed by atoms with Crippen LogP contribution < -0.4 is 15.8 Å². The minimum absolute atomic E-state index is 0.119. The minimum atomic E-state index is -4.54. The number of carbonyl (C=O) groups is 3. The van der Waals surface area contributed by atoms with Gasteiger partial charge in [0.15, 0.2) is 6.61 Å². The molecule has 0 spiro atoms. The molecule has 4 rings (SSSR count). The number of primary amides is 1. The normalized spacial score (nSPS) is 17.0. The van der Waals surface area contributed by atoms with Crippen molar-refractivity contribution in [3.8, 4) is 5.75 Å². The average molecular weight is 527 g/mol. The third-order valence-electron chi connectivity index (χ3n) is 6.15. The van der Waals surface area contributed by atoms with E-state index >= 15 is 0 Å². The fraction of sp³-hybridized carbons (Fsp3) is 0.259. The molecule has 3 amide bonds. The first-order valence-electron chi connectivity index (χ1n) is 11.8. The molecule has 0 saturated carbocycles. The smallest absolute Gasteiger partial charge is 0.390 e. The maximum Gasteiger partial charge on any atom is 0.390 e. The number of rotatable bonds is 9. The third-order valence-corrected chi connectivity index (χ3v) is 6.15. The van der Waals surface area contributed by atoms with Gasteiger partial charge < -0.3 is 20.7 Å². The number of ether oxygens (including phenoxy) is 1. The Hall–Kier alpha value is -4.41. The number of hydrogen-bond donors (Lipinski definition) is 2. The van der Waals surface area contributed by atoms with E-state index in [1.54, 1.807) is 60.9 Å². The fourth-order valence-electron chi connectivity index (χ4n) is 4.52. The van der Waals surface area contributed by atoms with Crippen molar-refractivity contribution in [2.45, 2.75) is 31.1 Å². The average Bonchev–Trinajstić information content (AvgIpc) is 2.90. The predicted octanol–water partition coefficient (Wildman–Crippen LogP) is 3.50. The van der Waals surface area contributed by atoms with Crippen LogP contribution >= 0.6 is 0 Å². The maximum absolute atomic E-state index is 13.7. The van der Waals surface area contributed by atoms with E-state index in [4.69, 9.17) is 10.5 Å². The highest BCUT2D eigenvalue weighted by atomic mass is 19.4. The van der Waals surface area contributed by atoms with Crippen LogP contribution in [0.4, 0.5) is 13.2 Å². The number of para-hydroxylation sites is 1. The summed E-state index contributed by atoms with van der Waals surface area (Å²) in [4.78, 5) is 43.7. The molecule has 1 aliphatic heterocycles. The Bertz CT molecular complexity index is 1320. The first-order chi connectivity index (χ1) is 18.2. The van der Waals surface area contributed by atoms with Crippen LogP contribution in [-0.2, 0) is 16.1 Å². The van der Waals surface area contributed by atoms with Gasteiger partial charge in [-0.15, -0.1) is 0 Å². The van der Waals surface area contributed by atoms with Crippen LogP contribution in [0, 0.1) is 0 Å². The van der Waals surface area contributed by atoms with Crippen molar-refractivity contribution >= 4 is 17.7 Å². The summed E-state index contributed by atoms with van der Waals surface area (Å²) in [6.45, 7) is -1.05. The van der Waals surface area contributed by atoms with Crippen molar-refractivity contribution in [1.82, 2.24) is 15.2 Å². The first kappa shape index (κ1) is 26.6. The Balaban J connectivity index is 1.81. The fourth-order valence-corrected chi connectivity index (χ4v) is 4.52. The van der Waals surface area contributed by atoms with Crippen LogP contribution in [0.15, 0.2) is 73.1 Å². The topological polar surface area (TPSA) is 115 Å². The molecule has 0 aliphatic carbocycles. The number of benzene rings is 2. The summed E-state index contributed by atoms with van der Waals surface area (Å²) >= 11 is 0. The van der Waals surface area contributed by atoms with Crippen molar-refractivity contribution in [2.75, 3.05) is 13.2 Å². The molecule has 0 radical (unpaired) electrons. The molecule has 3 N–H and O–H groups in total. The van der Waals surface area contributed by atoms with Gasteiger partial charge in [-0.3, -0.25) is 19.4 Å². The Morgan fingerprint density at radius 2 is 1.74 bits per heavy atom. The molecule has 2 heterocycles. The van der Waals surface area contributed by atoms with Crippen LogP contribution in [0.2, 0.25) is 0 Å². The van der Waals surface area contributed by atoms with Crippen molar-refractivity contribution in [2.24, 2.45) is 5.73 Å². The zero-order chi connectivity index (χ0) is 27.3. The number of halogens is 3. The highest BCUT2D eigenvalue weighted by Crippen LogP contribution is 2.46. The number of alkyl halides is 3. The third kappa shape index (κ3) is 6.10. The zero-order valence-electron chi connectivity index (χ0n) is 20.1. The molecule has 2 aromatic carbocycles. The summed E-state index contributed by atoms with van der Waals surface area (Å²) in [5, 5.41) is 2.83. The van der Waals surface area contributed by atoms with Gasteiger partial charge in [0.25, 0.3) is 11.8 Å². The number of pyridine rings is 1. The zero-order valence-corrected chi connectivity index (χ0v) is 20.1. The van der Waals surface area contributed by atoms with Crippen LogP contribution in [-0.4, -0.2) is 46.9 Å². The summed E-state index contributed by atoms with van der Waals surface area (Å²) in [5.74, 6) is -2.85. The lowest BCUT2D eigenvalue weighted by Gasteiger charge is -2.42. The molecule has 198 valence electrons. The van der Waals surface area contributed by atoms with E-state index in [1.807, 2.05) is 0 Å². The summed E-state index contributed by atoms with van der Waals surface area (Å²) in [6.07, 6.45) is -2.64. The number of nitrogens with two attached hydrogens (primary N) is 1. The van der Waals surface area contributed by atoms with Crippen molar-refractivity contribution in [3.05, 3.63) is 95.3 Å². The lowest BCUT2D eigenvalue weighted by molar-refractivity contribution is -0.138. The van der Waals surface area contributed by atoms with E-state index in [2.05, 4.69) is 10.3 Å². The number of fused-ring (bicyclic) bond motifs is 1. The molecule has 3 aromatic rings. The number of carbonyl (C=O) groups excluding carboxylic acids is 3. The summed E-state index contributed by atoms with van der Waals surface area (Å²) < 4.78 is 45.5. The molecule has 2 atom stereocenters. The van der Waals surface area contributed by atoms with E-state index in [9.17, 15) is 27.6 Å². The molecular weight excluding hydrogens is 501 g/mol. The molecule has 1 aromatic heterocycles. The lowest BCUT2D eigenvalue weighted by Crippen LogP contribution is -2.48. The van der Waals surface area contributed by atoms with Gasteiger partial charge in [0.05, 0.1) is 18.4 Å². The molecule has 2 unspecified atom stereocenters. The van der Waals surface area contributed by atoms with Crippen LogP contribution in [0.1, 0.15) is 45.4 Å². The van der Waals surface area contributed by atoms with E-state index in [1.165, 1.54) is 12.1 Å². The Morgan fingerprint density at radius 3 is 2.42 bits per heavy atom. The molecular formula is C27H25F3N4O4. The van der Waals surface area contributed by atoms with Crippen molar-refractivity contribution < 1.29 is 32.3 Å². The highest BCUT2D eigenvalue weighted by Gasteiger charge is 2.46. The molecule has 11 heteroatoms. The molecule has 1 aliphatic rings. The van der Waals surface area contributed by atoms with E-state index in [0.717, 1.165) is 10.5 Å². The molecule has 0 bridgehead atoms. The van der Waals surface area contributed by atoms with Crippen molar-refractivity contribution in [3.63, 3.8) is 0 Å². The summed E-state index contributed by atoms with van der Waals surface area (Å²) in [7, 11) is 0. The minimum Gasteiger partial charge on any atom is -0.483 e. The number of nitrogens with zero attached hydrogens (tertiary/aromatic N) is 2. The molecule has 0 saturated heterocycles. The van der Waals surface area contributed by atoms with Gasteiger partial charge in [0, 0.05) is 36.6 Å². The SMILES string of the molecule is NC(=O)COc1ccccc1C1C(C(=O)NCc2cccnc2)c2ccccc2C(=O)N1CCC(F)(F)F. The van der Waals surface area contributed by atoms with Crippen LogP contribution in [0.3, 0.4) is 0 Å². The van der Waals surface area contributed by atoms with E-state index < -0.39 is 55.4 Å². The standard InChI is InChI=1S/C27H25F3N4O4/c28-27(29,30)11-13-34-24(20-9-3-4-10-21(20)38-16-22(31)35)23(18-7-1-2-8-19(18)26(34)37)25(36)33-15-17-6-5-12-32-14-17/h1-10,12,14,23-24H,11,13,15-16H2,(H2,31,35)(H,33,36). The van der Waals surface area contributed by atoms with Crippen molar-refractivity contribution in [1.29, 1.82) is 0 Å². The molecule has 8 nitrogen and oxygen atoms in total. The summed E-state index contributed by atoms with van der Waals surface area (Å²) in [6, 6.07) is 15.0.